The number of hydrogen-bond donors (Lipinski definition) is 0. The second-order valence-electron chi connectivity index (χ2n) is 24.0. The van der Waals surface area contributed by atoms with E-state index in [4.69, 9.17) is 0 Å². The third kappa shape index (κ3) is 0. The summed E-state index contributed by atoms with van der Waals surface area (Å²) in [7, 11) is 0. The molecule has 40 heavy (non-hydrogen) atoms. The summed E-state index contributed by atoms with van der Waals surface area (Å²) in [6.07, 6.45) is 0. The maximum atomic E-state index is 2.19. The summed E-state index contributed by atoms with van der Waals surface area (Å²) in [6.45, 7) is 70.0. The van der Waals surface area contributed by atoms with E-state index in [2.05, 4.69) is 222 Å². The van der Waals surface area contributed by atoms with E-state index in [0.717, 1.165) is 0 Å². The van der Waals surface area contributed by atoms with Crippen LogP contribution in [0.25, 0.3) is 0 Å². The highest BCUT2D eigenvalue weighted by atomic mass is 14.0. The van der Waals surface area contributed by atoms with Crippen molar-refractivity contribution in [3.05, 3.63) is 0 Å². The molecule has 0 saturated carbocycles. The van der Waals surface area contributed by atoms with Crippen molar-refractivity contribution in [2.24, 2.45) is 43.3 Å². The van der Waals surface area contributed by atoms with Crippen molar-refractivity contribution < 1.29 is 0 Å². The first-order chi connectivity index (χ1) is 16.0. The third-order valence-electron chi connectivity index (χ3n) is 0. The van der Waals surface area contributed by atoms with Crippen molar-refractivity contribution in [2.45, 2.75) is 222 Å². The Morgan fingerprint density at radius 3 is 0.100 bits per heavy atom. The molecule has 0 aliphatic carbocycles. The standard InChI is InChI=1S/8C5H12/c8*1-5(2,3)4/h8*1-4H3. The van der Waals surface area contributed by atoms with Crippen molar-refractivity contribution in [1.82, 2.24) is 0 Å². The Bertz CT molecular complexity index is 268. The molecule has 0 aromatic carbocycles. The topological polar surface area (TPSA) is 0 Å². The van der Waals surface area contributed by atoms with Gasteiger partial charge in [-0.05, 0) is 43.3 Å². The van der Waals surface area contributed by atoms with Crippen LogP contribution in [0, 0.1) is 43.3 Å². The third-order valence-corrected chi connectivity index (χ3v) is 0. The van der Waals surface area contributed by atoms with Crippen LogP contribution in [0.1, 0.15) is 222 Å². The fraction of sp³-hybridized carbons (Fsp3) is 1.00. The summed E-state index contributed by atoms with van der Waals surface area (Å²) in [5.41, 5.74) is 4.00. The Labute approximate surface area is 264 Å². The summed E-state index contributed by atoms with van der Waals surface area (Å²) >= 11 is 0. The van der Waals surface area contributed by atoms with Crippen LogP contribution in [-0.2, 0) is 0 Å². The van der Waals surface area contributed by atoms with E-state index < -0.39 is 0 Å². The number of hydrogen-bond acceptors (Lipinski definition) is 0. The molecule has 0 heteroatoms. The van der Waals surface area contributed by atoms with Crippen LogP contribution in [0.15, 0.2) is 0 Å². The average molecular weight is 577 g/mol. The fourth-order valence-electron chi connectivity index (χ4n) is 0. The molecular formula is C40H96. The Balaban J connectivity index is -0.0000000488. The zero-order valence-corrected chi connectivity index (χ0v) is 36.0. The lowest BCUT2D eigenvalue weighted by Crippen LogP contribution is -1.93. The largest absolute Gasteiger partial charge is 0.0604 e. The van der Waals surface area contributed by atoms with Crippen molar-refractivity contribution in [2.75, 3.05) is 0 Å². The summed E-state index contributed by atoms with van der Waals surface area (Å²) in [5.74, 6) is 0. The van der Waals surface area contributed by atoms with Crippen LogP contribution in [-0.4, -0.2) is 0 Å². The van der Waals surface area contributed by atoms with Gasteiger partial charge in [-0.3, -0.25) is 0 Å². The molecule has 0 radical (unpaired) electrons. The molecule has 0 amide bonds. The zero-order valence-electron chi connectivity index (χ0n) is 36.0. The molecular weight excluding hydrogens is 480 g/mol. The Hall–Kier alpha value is 0. The molecule has 0 spiro atoms. The quantitative estimate of drug-likeness (QED) is 0.269. The van der Waals surface area contributed by atoms with Crippen molar-refractivity contribution >= 4 is 0 Å². The van der Waals surface area contributed by atoms with Gasteiger partial charge in [-0.2, -0.15) is 0 Å². The van der Waals surface area contributed by atoms with Gasteiger partial charge < -0.3 is 0 Å². The predicted octanol–water partition coefficient (Wildman–Crippen LogP) is 16.4. The van der Waals surface area contributed by atoms with Crippen molar-refractivity contribution in [3.63, 3.8) is 0 Å². The van der Waals surface area contributed by atoms with Gasteiger partial charge in [0.05, 0.1) is 0 Å². The van der Waals surface area contributed by atoms with Crippen LogP contribution in [0.3, 0.4) is 0 Å². The molecule has 256 valence electrons. The van der Waals surface area contributed by atoms with Gasteiger partial charge in [-0.15, -0.1) is 0 Å². The zero-order chi connectivity index (χ0) is 36.0. The number of rotatable bonds is 0. The summed E-state index contributed by atoms with van der Waals surface area (Å²) < 4.78 is 0. The van der Waals surface area contributed by atoms with Gasteiger partial charge in [0, 0.05) is 0 Å². The predicted molar refractivity (Wildman–Crippen MR) is 201 cm³/mol. The molecule has 0 aliphatic rings. The van der Waals surface area contributed by atoms with E-state index in [1.54, 1.807) is 0 Å². The van der Waals surface area contributed by atoms with Crippen LogP contribution >= 0.6 is 0 Å². The molecule has 0 bridgehead atoms. The second kappa shape index (κ2) is 24.4. The van der Waals surface area contributed by atoms with Gasteiger partial charge in [0.1, 0.15) is 0 Å². The first-order valence-electron chi connectivity index (χ1n) is 16.0. The molecule has 0 heterocycles. The molecule has 0 nitrogen and oxygen atoms in total. The summed E-state index contributed by atoms with van der Waals surface area (Å²) in [4.78, 5) is 0. The van der Waals surface area contributed by atoms with Crippen LogP contribution in [0.5, 0.6) is 0 Å². The molecule has 0 aliphatic heterocycles. The molecule has 0 atom stereocenters. The normalized spacial score (nSPS) is 12.0. The summed E-state index contributed by atoms with van der Waals surface area (Å²) in [6, 6.07) is 0. The van der Waals surface area contributed by atoms with E-state index in [-0.39, 0.29) is 0 Å². The van der Waals surface area contributed by atoms with Crippen LogP contribution < -0.4 is 0 Å². The molecule has 0 saturated heterocycles. The minimum Gasteiger partial charge on any atom is -0.0604 e. The first kappa shape index (κ1) is 59.4. The van der Waals surface area contributed by atoms with Crippen molar-refractivity contribution in [1.29, 1.82) is 0 Å². The van der Waals surface area contributed by atoms with E-state index in [1.807, 2.05) is 0 Å². The minimum absolute atomic E-state index is 0.500. The SMILES string of the molecule is CC(C)(C)C.CC(C)(C)C.CC(C)(C)C.CC(C)(C)C.CC(C)(C)C.CC(C)(C)C.CC(C)(C)C.CC(C)(C)C. The Morgan fingerprint density at radius 1 is 0.100 bits per heavy atom. The molecule has 0 rings (SSSR count). The van der Waals surface area contributed by atoms with E-state index >= 15 is 0 Å². The van der Waals surface area contributed by atoms with Crippen LogP contribution in [0.2, 0.25) is 0 Å². The maximum Gasteiger partial charge on any atom is -0.0411 e. The highest BCUT2D eigenvalue weighted by Crippen LogP contribution is 2.11. The van der Waals surface area contributed by atoms with Gasteiger partial charge >= 0.3 is 0 Å². The highest BCUT2D eigenvalue weighted by molar-refractivity contribution is 4.50. The van der Waals surface area contributed by atoms with E-state index in [0.29, 0.717) is 43.3 Å². The lowest BCUT2D eigenvalue weighted by atomic mass is 10.0. The first-order valence-corrected chi connectivity index (χ1v) is 16.0. The van der Waals surface area contributed by atoms with E-state index in [1.165, 1.54) is 0 Å². The Morgan fingerprint density at radius 2 is 0.100 bits per heavy atom. The van der Waals surface area contributed by atoms with Gasteiger partial charge in [-0.1, -0.05) is 222 Å². The fourth-order valence-corrected chi connectivity index (χ4v) is 0. The smallest absolute Gasteiger partial charge is 0.0411 e. The Kier molecular flexibility index (Phi) is 36.3. The molecule has 0 aromatic rings. The van der Waals surface area contributed by atoms with Gasteiger partial charge in [0.2, 0.25) is 0 Å². The van der Waals surface area contributed by atoms with Crippen LogP contribution in [0.4, 0.5) is 0 Å². The second-order valence-corrected chi connectivity index (χ2v) is 24.0. The van der Waals surface area contributed by atoms with Gasteiger partial charge in [0.25, 0.3) is 0 Å². The van der Waals surface area contributed by atoms with Gasteiger partial charge in [-0.25, -0.2) is 0 Å². The highest BCUT2D eigenvalue weighted by Gasteiger charge is 1.98. The average Bonchev–Trinajstić information content (AvgIpc) is 2.16. The van der Waals surface area contributed by atoms with Crippen molar-refractivity contribution in [3.8, 4) is 0 Å². The monoisotopic (exact) mass is 577 g/mol. The van der Waals surface area contributed by atoms with Gasteiger partial charge in [0.15, 0.2) is 0 Å². The molecule has 0 N–H and O–H groups in total. The van der Waals surface area contributed by atoms with E-state index in [9.17, 15) is 0 Å². The molecule has 0 unspecified atom stereocenters. The summed E-state index contributed by atoms with van der Waals surface area (Å²) in [5, 5.41) is 0. The maximum absolute atomic E-state index is 2.19. The minimum atomic E-state index is 0.500. The molecule has 0 aromatic heterocycles. The molecule has 0 fully saturated rings. The lowest BCUT2D eigenvalue weighted by Gasteiger charge is -2.05. The lowest BCUT2D eigenvalue weighted by molar-refractivity contribution is 0.469.